The number of hydrogen-bond acceptors (Lipinski definition) is 3. The number of para-hydroxylation sites is 1. The molecule has 1 atom stereocenters. The molecule has 1 unspecified atom stereocenters. The SMILES string of the molecule is CCN(C)C(=O)Oc1cccc2c(CC(C)C(=O)O)c[nH]c12. The molecule has 2 aromatic rings. The zero-order valence-corrected chi connectivity index (χ0v) is 12.9. The molecular weight excluding hydrogens is 284 g/mol. The Kier molecular flexibility index (Phi) is 4.70. The molecule has 1 aromatic heterocycles. The highest BCUT2D eigenvalue weighted by Crippen LogP contribution is 2.29. The Labute approximate surface area is 128 Å². The Bertz CT molecular complexity index is 693. The van der Waals surface area contributed by atoms with E-state index in [1.807, 2.05) is 13.0 Å². The number of amides is 1. The maximum absolute atomic E-state index is 11.9. The van der Waals surface area contributed by atoms with Crippen LogP contribution in [0.5, 0.6) is 5.75 Å². The van der Waals surface area contributed by atoms with Crippen LogP contribution in [0.3, 0.4) is 0 Å². The van der Waals surface area contributed by atoms with Gasteiger partial charge in [-0.2, -0.15) is 0 Å². The summed E-state index contributed by atoms with van der Waals surface area (Å²) >= 11 is 0. The van der Waals surface area contributed by atoms with E-state index in [0.717, 1.165) is 10.9 Å². The van der Waals surface area contributed by atoms with Crippen LogP contribution in [-0.4, -0.2) is 40.6 Å². The number of carboxylic acid groups (broad SMARTS) is 1. The fraction of sp³-hybridized carbons (Fsp3) is 0.375. The van der Waals surface area contributed by atoms with Crippen LogP contribution in [-0.2, 0) is 11.2 Å². The van der Waals surface area contributed by atoms with E-state index in [9.17, 15) is 9.59 Å². The molecule has 1 aromatic carbocycles. The second-order valence-corrected chi connectivity index (χ2v) is 5.32. The standard InChI is InChI=1S/C16H20N2O4/c1-4-18(3)16(21)22-13-7-5-6-12-11(9-17-14(12)13)8-10(2)15(19)20/h5-7,9-10,17H,4,8H2,1-3H3,(H,19,20). The minimum absolute atomic E-state index is 0.418. The summed E-state index contributed by atoms with van der Waals surface area (Å²) in [5.41, 5.74) is 1.60. The van der Waals surface area contributed by atoms with Crippen LogP contribution in [0, 0.1) is 5.92 Å². The summed E-state index contributed by atoms with van der Waals surface area (Å²) in [5, 5.41) is 9.90. The topological polar surface area (TPSA) is 82.6 Å². The van der Waals surface area contributed by atoms with E-state index < -0.39 is 18.0 Å². The number of carboxylic acids is 1. The number of nitrogens with one attached hydrogen (secondary N) is 1. The van der Waals surface area contributed by atoms with E-state index in [-0.39, 0.29) is 0 Å². The van der Waals surface area contributed by atoms with E-state index in [1.165, 1.54) is 4.90 Å². The van der Waals surface area contributed by atoms with E-state index in [4.69, 9.17) is 9.84 Å². The van der Waals surface area contributed by atoms with Crippen LogP contribution in [0.25, 0.3) is 10.9 Å². The first-order valence-electron chi connectivity index (χ1n) is 7.18. The summed E-state index contributed by atoms with van der Waals surface area (Å²) in [6, 6.07) is 5.39. The second kappa shape index (κ2) is 6.51. The quantitative estimate of drug-likeness (QED) is 0.889. The van der Waals surface area contributed by atoms with E-state index in [1.54, 1.807) is 32.3 Å². The summed E-state index contributed by atoms with van der Waals surface area (Å²) < 4.78 is 5.39. The zero-order chi connectivity index (χ0) is 16.3. The summed E-state index contributed by atoms with van der Waals surface area (Å²) in [5.74, 6) is -0.866. The molecule has 0 spiro atoms. The summed E-state index contributed by atoms with van der Waals surface area (Å²) in [7, 11) is 1.66. The molecule has 0 aliphatic heterocycles. The maximum Gasteiger partial charge on any atom is 0.415 e. The highest BCUT2D eigenvalue weighted by molar-refractivity contribution is 5.90. The first-order chi connectivity index (χ1) is 10.4. The molecule has 2 rings (SSSR count). The van der Waals surface area contributed by atoms with Gasteiger partial charge in [0, 0.05) is 25.2 Å². The van der Waals surface area contributed by atoms with Gasteiger partial charge >= 0.3 is 12.1 Å². The van der Waals surface area contributed by atoms with Gasteiger partial charge in [0.25, 0.3) is 0 Å². The Balaban J connectivity index is 2.29. The molecule has 6 nitrogen and oxygen atoms in total. The molecule has 0 bridgehead atoms. The molecule has 0 fully saturated rings. The normalized spacial score (nSPS) is 12.1. The van der Waals surface area contributed by atoms with Gasteiger partial charge in [-0.05, 0) is 25.0 Å². The van der Waals surface area contributed by atoms with Gasteiger partial charge in [0.05, 0.1) is 11.4 Å². The lowest BCUT2D eigenvalue weighted by Crippen LogP contribution is -2.29. The third-order valence-electron chi connectivity index (χ3n) is 3.69. The summed E-state index contributed by atoms with van der Waals surface area (Å²) in [6.45, 7) is 4.09. The minimum atomic E-state index is -0.832. The van der Waals surface area contributed by atoms with Gasteiger partial charge in [0.15, 0.2) is 5.75 Å². The van der Waals surface area contributed by atoms with Gasteiger partial charge in [-0.15, -0.1) is 0 Å². The van der Waals surface area contributed by atoms with Crippen LogP contribution in [0.4, 0.5) is 4.79 Å². The van der Waals surface area contributed by atoms with Gasteiger partial charge in [0.1, 0.15) is 0 Å². The Morgan fingerprint density at radius 3 is 2.77 bits per heavy atom. The number of carbonyl (C=O) groups is 2. The molecule has 1 heterocycles. The molecule has 0 saturated carbocycles. The average molecular weight is 304 g/mol. The molecule has 0 aliphatic carbocycles. The van der Waals surface area contributed by atoms with Crippen LogP contribution in [0.15, 0.2) is 24.4 Å². The number of rotatable bonds is 5. The molecule has 0 aliphatic rings. The lowest BCUT2D eigenvalue weighted by atomic mass is 10.0. The fourth-order valence-electron chi connectivity index (χ4n) is 2.16. The maximum atomic E-state index is 11.9. The highest BCUT2D eigenvalue weighted by atomic mass is 16.6. The smallest absolute Gasteiger partial charge is 0.415 e. The van der Waals surface area contributed by atoms with Crippen molar-refractivity contribution in [3.8, 4) is 5.75 Å². The molecule has 0 radical (unpaired) electrons. The van der Waals surface area contributed by atoms with Crippen molar-refractivity contribution in [3.05, 3.63) is 30.0 Å². The average Bonchev–Trinajstić information content (AvgIpc) is 2.90. The van der Waals surface area contributed by atoms with Gasteiger partial charge in [-0.1, -0.05) is 19.1 Å². The lowest BCUT2D eigenvalue weighted by molar-refractivity contribution is -0.141. The lowest BCUT2D eigenvalue weighted by Gasteiger charge is -2.14. The molecule has 0 saturated heterocycles. The van der Waals surface area contributed by atoms with Crippen LogP contribution < -0.4 is 4.74 Å². The first-order valence-corrected chi connectivity index (χ1v) is 7.18. The molecule has 1 amide bonds. The van der Waals surface area contributed by atoms with Crippen molar-refractivity contribution >= 4 is 23.0 Å². The molecular formula is C16H20N2O4. The van der Waals surface area contributed by atoms with Gasteiger partial charge < -0.3 is 19.7 Å². The number of aromatic nitrogens is 1. The van der Waals surface area contributed by atoms with Crippen molar-refractivity contribution in [2.45, 2.75) is 20.3 Å². The van der Waals surface area contributed by atoms with Crippen molar-refractivity contribution in [2.75, 3.05) is 13.6 Å². The highest BCUT2D eigenvalue weighted by Gasteiger charge is 2.17. The summed E-state index contributed by atoms with van der Waals surface area (Å²) in [4.78, 5) is 27.4. The fourth-order valence-corrected chi connectivity index (χ4v) is 2.16. The number of aromatic amines is 1. The number of benzene rings is 1. The van der Waals surface area contributed by atoms with Gasteiger partial charge in [-0.3, -0.25) is 4.79 Å². The van der Waals surface area contributed by atoms with Gasteiger partial charge in [0.2, 0.25) is 0 Å². The number of ether oxygens (including phenoxy) is 1. The molecule has 22 heavy (non-hydrogen) atoms. The van der Waals surface area contributed by atoms with Crippen molar-refractivity contribution in [3.63, 3.8) is 0 Å². The largest absolute Gasteiger partial charge is 0.481 e. The second-order valence-electron chi connectivity index (χ2n) is 5.32. The number of nitrogens with zero attached hydrogens (tertiary/aromatic N) is 1. The monoisotopic (exact) mass is 304 g/mol. The van der Waals surface area contributed by atoms with Crippen molar-refractivity contribution in [1.29, 1.82) is 0 Å². The molecule has 6 heteroatoms. The minimum Gasteiger partial charge on any atom is -0.481 e. The van der Waals surface area contributed by atoms with Crippen molar-refractivity contribution in [1.82, 2.24) is 9.88 Å². The third-order valence-corrected chi connectivity index (χ3v) is 3.69. The first kappa shape index (κ1) is 15.9. The zero-order valence-electron chi connectivity index (χ0n) is 12.9. The third kappa shape index (κ3) is 3.21. The van der Waals surface area contributed by atoms with E-state index >= 15 is 0 Å². The molecule has 118 valence electrons. The number of aliphatic carboxylic acids is 1. The van der Waals surface area contributed by atoms with Crippen LogP contribution >= 0.6 is 0 Å². The molecule has 2 N–H and O–H groups in total. The predicted molar refractivity (Wildman–Crippen MR) is 83.1 cm³/mol. The van der Waals surface area contributed by atoms with E-state index in [2.05, 4.69) is 4.98 Å². The number of carbonyl (C=O) groups excluding carboxylic acids is 1. The Hall–Kier alpha value is -2.50. The predicted octanol–water partition coefficient (Wildman–Crippen LogP) is 2.88. The van der Waals surface area contributed by atoms with Crippen LogP contribution in [0.2, 0.25) is 0 Å². The number of hydrogen-bond donors (Lipinski definition) is 2. The number of H-pyrrole nitrogens is 1. The van der Waals surface area contributed by atoms with Crippen molar-refractivity contribution in [2.24, 2.45) is 5.92 Å². The Morgan fingerprint density at radius 2 is 2.14 bits per heavy atom. The van der Waals surface area contributed by atoms with Crippen molar-refractivity contribution < 1.29 is 19.4 Å². The van der Waals surface area contributed by atoms with Gasteiger partial charge in [-0.25, -0.2) is 4.79 Å². The summed E-state index contributed by atoms with van der Waals surface area (Å²) in [6.07, 6.45) is 1.76. The van der Waals surface area contributed by atoms with E-state index in [0.29, 0.717) is 24.2 Å². The Morgan fingerprint density at radius 1 is 1.41 bits per heavy atom. The number of fused-ring (bicyclic) bond motifs is 1. The van der Waals surface area contributed by atoms with Crippen LogP contribution in [0.1, 0.15) is 19.4 Å².